The molecule has 33 unspecified atom stereocenters. The number of unbranched alkanes of at least 4 members (excludes halogenated alkanes) is 3. The fraction of sp³-hybridized carbons (Fsp3) is 0.907. The lowest BCUT2D eigenvalue weighted by atomic mass is 9.95. The standard InChI is InChI=1S/C54H95N5O35/c1-3-28(66)58-10-20(55)12-59(56)9-7-5-4-6-8-57-11-21-19(2)81-48-35(73)29(67)41(22(13-60)83-48)89-49-36(74)30(68)42(23(14-61)84-49)90-50-37(75)31(69)43(24(15-62)85-50)91-51-38(76)32(70)44(25(16-63)86-51)92-52-39(77)33(71)45(26(17-64)87-52)93-53-40(78)34(72)46(27(18-65)88-53)94-54(82-21)47(79)80/h3,12,19,21-27,29-54,57,60-65,67-80H,1,4-11,13-18,55-56H2,2H3,(H,58,66)/b20-12-. The van der Waals surface area contributed by atoms with Crippen LogP contribution in [0.1, 0.15) is 32.6 Å². The van der Waals surface area contributed by atoms with Crippen LogP contribution >= 0.6 is 0 Å². The minimum absolute atomic E-state index is 0.0426. The summed E-state index contributed by atoms with van der Waals surface area (Å²) in [5.41, 5.74) is 6.22. The Balaban J connectivity index is 1.14. The van der Waals surface area contributed by atoms with E-state index in [0.29, 0.717) is 37.9 Å². The average molecular weight is 1370 g/mol. The number of carbonyl (C=O) groups excluding carboxylic acids is 1. The van der Waals surface area contributed by atoms with Crippen LogP contribution in [0.3, 0.4) is 0 Å². The Labute approximate surface area is 537 Å². The highest BCUT2D eigenvalue weighted by molar-refractivity contribution is 5.86. The lowest BCUT2D eigenvalue weighted by Crippen LogP contribution is -2.68. The van der Waals surface area contributed by atoms with Crippen molar-refractivity contribution in [2.45, 2.75) is 242 Å². The van der Waals surface area contributed by atoms with Crippen molar-refractivity contribution in [3.05, 3.63) is 24.6 Å². The van der Waals surface area contributed by atoms with E-state index in [9.17, 15) is 107 Å². The number of hydrazine groups is 1. The Morgan fingerprint density at radius 3 is 1.06 bits per heavy atom. The fourth-order valence-corrected chi connectivity index (χ4v) is 11.6. The Hall–Kier alpha value is -2.89. The van der Waals surface area contributed by atoms with Gasteiger partial charge in [-0.1, -0.05) is 19.4 Å². The highest BCUT2D eigenvalue weighted by Gasteiger charge is 2.58. The Bertz CT molecular complexity index is 2290. The third kappa shape index (κ3) is 18.9. The van der Waals surface area contributed by atoms with Gasteiger partial charge in [-0.05, 0) is 32.4 Å². The van der Waals surface area contributed by atoms with Gasteiger partial charge in [0.2, 0.25) is 18.5 Å². The molecule has 33 atom stereocenters. The van der Waals surface area contributed by atoms with E-state index in [2.05, 4.69) is 17.2 Å². The van der Waals surface area contributed by atoms with Gasteiger partial charge in [0.25, 0.3) is 0 Å². The second kappa shape index (κ2) is 36.4. The fourth-order valence-electron chi connectivity index (χ4n) is 11.6. The molecule has 13 aliphatic heterocycles. The maximum atomic E-state index is 11.6. The largest absolute Gasteiger partial charge is 0.399 e. The molecule has 0 aliphatic carbocycles. The first-order chi connectivity index (χ1) is 44.7. The smallest absolute Gasteiger partial charge is 0.243 e. The van der Waals surface area contributed by atoms with Crippen molar-refractivity contribution in [1.82, 2.24) is 15.6 Å². The van der Waals surface area contributed by atoms with E-state index in [-0.39, 0.29) is 19.6 Å². The number of aliphatic hydroxyl groups is 20. The number of nitrogens with zero attached hydrogens (tertiary/aromatic N) is 1. The maximum Gasteiger partial charge on any atom is 0.243 e. The van der Waals surface area contributed by atoms with Crippen LogP contribution in [-0.4, -0.2) is 388 Å². The molecule has 13 fully saturated rings. The van der Waals surface area contributed by atoms with Crippen LogP contribution in [0.15, 0.2) is 24.6 Å². The molecular formula is C54H95N5O35. The highest BCUT2D eigenvalue weighted by atomic mass is 16.8. The number of hydrogen-bond acceptors (Lipinski definition) is 39. The topological polar surface area (TPSA) is 630 Å². The zero-order chi connectivity index (χ0) is 69.0. The van der Waals surface area contributed by atoms with Crippen molar-refractivity contribution in [2.75, 3.05) is 65.8 Å². The van der Waals surface area contributed by atoms with E-state index in [1.54, 1.807) is 0 Å². The SMILES string of the molecule is C=CC(=O)NC/C(N)=C/N(N)CCCCCCNCC1OC(C(O)O)OC2C(CO)OC(OC3C(CO)OC(OC4C(CO)OC(OC5C(CO)OC(OC6C(CO)OC(OC7C(CO)OC(OC1C)C(O)C7O)C(O)C6O)C(O)C5O)C(O)C4O)C(O)C3O)C(O)C2O. The van der Waals surface area contributed by atoms with Crippen molar-refractivity contribution in [1.29, 1.82) is 0 Å². The van der Waals surface area contributed by atoms with Gasteiger partial charge in [0.1, 0.15) is 146 Å². The third-order valence-electron chi connectivity index (χ3n) is 16.9. The molecule has 13 heterocycles. The number of ether oxygens (including phenoxy) is 14. The summed E-state index contributed by atoms with van der Waals surface area (Å²) in [5, 5.41) is 229. The first-order valence-electron chi connectivity index (χ1n) is 30.7. The van der Waals surface area contributed by atoms with Crippen LogP contribution < -0.4 is 22.2 Å². The Kier molecular flexibility index (Phi) is 30.4. The third-order valence-corrected chi connectivity index (χ3v) is 16.9. The van der Waals surface area contributed by atoms with E-state index in [0.717, 1.165) is 6.08 Å². The molecule has 13 aliphatic rings. The van der Waals surface area contributed by atoms with Crippen LogP contribution in [0.25, 0.3) is 0 Å². The van der Waals surface area contributed by atoms with Crippen LogP contribution in [0.4, 0.5) is 0 Å². The monoisotopic (exact) mass is 1370 g/mol. The molecule has 0 spiro atoms. The maximum absolute atomic E-state index is 11.6. The van der Waals surface area contributed by atoms with Gasteiger partial charge in [0, 0.05) is 25.0 Å². The number of carbonyl (C=O) groups is 1. The molecule has 546 valence electrons. The van der Waals surface area contributed by atoms with Crippen LogP contribution in [0, 0.1) is 0 Å². The molecule has 40 heteroatoms. The minimum atomic E-state index is -2.62. The summed E-state index contributed by atoms with van der Waals surface area (Å²) < 4.78 is 81.3. The molecule has 0 aromatic rings. The molecule has 12 bridgehead atoms. The molecule has 13 saturated heterocycles. The summed E-state index contributed by atoms with van der Waals surface area (Å²) in [6.07, 6.45) is -62.9. The van der Waals surface area contributed by atoms with Crippen molar-refractivity contribution in [3.8, 4) is 0 Å². The first-order valence-corrected chi connectivity index (χ1v) is 30.7. The molecule has 13 rings (SSSR count). The number of nitrogens with one attached hydrogen (secondary N) is 2. The van der Waals surface area contributed by atoms with Crippen molar-refractivity contribution in [2.24, 2.45) is 11.6 Å². The lowest BCUT2D eigenvalue weighted by molar-refractivity contribution is -0.397. The second-order valence-corrected chi connectivity index (χ2v) is 23.6. The number of rotatable bonds is 20. The number of amides is 1. The number of hydrogen-bond donors (Lipinski definition) is 24. The van der Waals surface area contributed by atoms with Crippen LogP contribution in [0.5, 0.6) is 0 Å². The summed E-state index contributed by atoms with van der Waals surface area (Å²) >= 11 is 0. The number of nitrogens with two attached hydrogens (primary N) is 2. The number of aliphatic hydroxyl groups excluding tert-OH is 19. The molecule has 40 nitrogen and oxygen atoms in total. The van der Waals surface area contributed by atoms with E-state index < -0.39 is 255 Å². The summed E-state index contributed by atoms with van der Waals surface area (Å²) in [4.78, 5) is 11.5. The molecule has 0 aromatic carbocycles. The zero-order valence-electron chi connectivity index (χ0n) is 51.1. The summed E-state index contributed by atoms with van der Waals surface area (Å²) in [6.45, 7) is -1.12. The van der Waals surface area contributed by atoms with Gasteiger partial charge in [0.05, 0.1) is 58.4 Å². The van der Waals surface area contributed by atoms with Crippen LogP contribution in [0.2, 0.25) is 0 Å². The second-order valence-electron chi connectivity index (χ2n) is 23.6. The predicted octanol–water partition coefficient (Wildman–Crippen LogP) is -14.2. The first kappa shape index (κ1) is 78.4. The highest BCUT2D eigenvalue weighted by Crippen LogP contribution is 2.38. The van der Waals surface area contributed by atoms with Crippen molar-refractivity contribution < 1.29 is 173 Å². The van der Waals surface area contributed by atoms with Gasteiger partial charge in [-0.3, -0.25) is 4.79 Å². The normalized spacial score (nSPS) is 45.6. The van der Waals surface area contributed by atoms with Gasteiger partial charge >= 0.3 is 0 Å². The zero-order valence-corrected chi connectivity index (χ0v) is 51.1. The van der Waals surface area contributed by atoms with Crippen LogP contribution in [-0.2, 0) is 71.1 Å². The van der Waals surface area contributed by atoms with Gasteiger partial charge in [-0.15, -0.1) is 0 Å². The quantitative estimate of drug-likeness (QED) is 0.0177. The molecule has 0 radical (unpaired) electrons. The summed E-state index contributed by atoms with van der Waals surface area (Å²) in [7, 11) is 0. The molecule has 0 aromatic heterocycles. The lowest BCUT2D eigenvalue weighted by Gasteiger charge is -2.50. The van der Waals surface area contributed by atoms with Gasteiger partial charge in [-0.2, -0.15) is 0 Å². The van der Waals surface area contributed by atoms with Gasteiger partial charge in [0.15, 0.2) is 37.7 Å². The van der Waals surface area contributed by atoms with E-state index in [4.69, 9.17) is 77.9 Å². The minimum Gasteiger partial charge on any atom is -0.399 e. The van der Waals surface area contributed by atoms with Gasteiger partial charge in [-0.25, -0.2) is 5.84 Å². The Morgan fingerprint density at radius 1 is 0.447 bits per heavy atom. The summed E-state index contributed by atoms with van der Waals surface area (Å²) in [6, 6.07) is 0. The average Bonchev–Trinajstić information content (AvgIpc) is 0.800. The van der Waals surface area contributed by atoms with E-state index in [1.807, 2.05) is 0 Å². The molecule has 26 N–H and O–H groups in total. The van der Waals surface area contributed by atoms with Gasteiger partial charge < -0.3 is 190 Å². The Morgan fingerprint density at radius 2 is 0.755 bits per heavy atom. The van der Waals surface area contributed by atoms with Crippen molar-refractivity contribution in [3.63, 3.8) is 0 Å². The van der Waals surface area contributed by atoms with E-state index in [1.165, 1.54) is 18.1 Å². The predicted molar refractivity (Wildman–Crippen MR) is 301 cm³/mol. The summed E-state index contributed by atoms with van der Waals surface area (Å²) in [5.74, 6) is 5.62. The molecule has 94 heavy (non-hydrogen) atoms. The van der Waals surface area contributed by atoms with E-state index >= 15 is 0 Å². The van der Waals surface area contributed by atoms with Crippen molar-refractivity contribution >= 4 is 5.91 Å². The molecule has 0 saturated carbocycles. The number of fused-ring (bicyclic) bond motifs is 6. The molecule has 1 amide bonds. The molecular weight excluding hydrogens is 1280 g/mol.